The van der Waals surface area contributed by atoms with Gasteiger partial charge in [0, 0.05) is 25.3 Å². The van der Waals surface area contributed by atoms with E-state index in [1.54, 1.807) is 0 Å². The molecule has 0 N–H and O–H groups in total. The van der Waals surface area contributed by atoms with Crippen LogP contribution in [0.5, 0.6) is 0 Å². The largest absolute Gasteiger partial charge is 0.371 e. The first-order chi connectivity index (χ1) is 15.1. The molecule has 1 saturated carbocycles. The zero-order valence-corrected chi connectivity index (χ0v) is 18.6. The Morgan fingerprint density at radius 3 is 2.26 bits per heavy atom. The van der Waals surface area contributed by atoms with Crippen molar-refractivity contribution < 1.29 is 13.9 Å². The van der Waals surface area contributed by atoms with Crippen LogP contribution in [0.1, 0.15) is 57.8 Å². The summed E-state index contributed by atoms with van der Waals surface area (Å²) in [6.45, 7) is 5.11. The number of hydrogen-bond donors (Lipinski definition) is 0. The molecule has 31 heavy (non-hydrogen) atoms. The number of likely N-dealkylation sites (tertiary alicyclic amines) is 1. The molecule has 3 saturated heterocycles. The fourth-order valence-corrected chi connectivity index (χ4v) is 5.97. The normalized spacial score (nSPS) is 27.5. The van der Waals surface area contributed by atoms with E-state index in [1.165, 1.54) is 63.6 Å². The topological polar surface area (TPSA) is 39.3 Å². The summed E-state index contributed by atoms with van der Waals surface area (Å²) in [6.07, 6.45) is 11.5. The molecule has 1 atom stereocenters. The Hall–Kier alpha value is -1.66. The van der Waals surface area contributed by atoms with Crippen LogP contribution in [0.15, 0.2) is 24.3 Å². The van der Waals surface area contributed by atoms with Crippen molar-refractivity contribution in [2.75, 3.05) is 44.4 Å². The Bertz CT molecular complexity index is 751. The molecule has 170 valence electrons. The van der Waals surface area contributed by atoms with Gasteiger partial charge in [0.1, 0.15) is 11.4 Å². The second-order valence-corrected chi connectivity index (χ2v) is 10.1. The summed E-state index contributed by atoms with van der Waals surface area (Å²) in [6, 6.07) is 6.65. The van der Waals surface area contributed by atoms with Crippen LogP contribution in [0, 0.1) is 11.7 Å². The number of benzene rings is 1. The quantitative estimate of drug-likeness (QED) is 0.663. The summed E-state index contributed by atoms with van der Waals surface area (Å²) in [5, 5.41) is 0. The van der Waals surface area contributed by atoms with Crippen LogP contribution in [0.25, 0.3) is 0 Å². The first-order valence-electron chi connectivity index (χ1n) is 12.3. The molecule has 5 rings (SSSR count). The monoisotopic (exact) mass is 429 g/mol. The fraction of sp³-hybridized carbons (Fsp3) is 0.720. The average molecular weight is 430 g/mol. The number of hydrogen-bond acceptors (Lipinski definition) is 4. The van der Waals surface area contributed by atoms with Crippen LogP contribution in [0.4, 0.5) is 10.1 Å². The van der Waals surface area contributed by atoms with E-state index in [4.69, 9.17) is 4.74 Å². The van der Waals surface area contributed by atoms with E-state index >= 15 is 0 Å². The molecular formula is C25H36FN3O2. The van der Waals surface area contributed by atoms with E-state index < -0.39 is 5.54 Å². The van der Waals surface area contributed by atoms with Crippen molar-refractivity contribution in [2.45, 2.75) is 69.4 Å². The molecule has 1 amide bonds. The first-order valence-corrected chi connectivity index (χ1v) is 12.3. The zero-order valence-electron chi connectivity index (χ0n) is 18.6. The minimum atomic E-state index is -0.496. The lowest BCUT2D eigenvalue weighted by Crippen LogP contribution is -2.57. The second-order valence-electron chi connectivity index (χ2n) is 10.1. The van der Waals surface area contributed by atoms with Crippen LogP contribution in [0.2, 0.25) is 0 Å². The Labute approximate surface area is 185 Å². The minimum Gasteiger partial charge on any atom is -0.371 e. The summed E-state index contributed by atoms with van der Waals surface area (Å²) in [5.41, 5.74) is 0.451. The molecule has 4 aliphatic rings. The molecule has 1 spiro atoms. The Balaban J connectivity index is 1.28. The number of anilines is 1. The second kappa shape index (κ2) is 9.07. The summed E-state index contributed by atoms with van der Waals surface area (Å²) in [5.74, 6) is 0.809. The maximum atomic E-state index is 13.6. The molecule has 1 aromatic rings. The van der Waals surface area contributed by atoms with Gasteiger partial charge >= 0.3 is 0 Å². The minimum absolute atomic E-state index is 0.188. The smallest absolute Gasteiger partial charge is 0.250 e. The third-order valence-electron chi connectivity index (χ3n) is 7.90. The van der Waals surface area contributed by atoms with Gasteiger partial charge in [-0.05, 0) is 55.9 Å². The van der Waals surface area contributed by atoms with Crippen LogP contribution in [-0.2, 0) is 9.53 Å². The highest BCUT2D eigenvalue weighted by atomic mass is 19.1. The Kier molecular flexibility index (Phi) is 6.20. The molecule has 1 aliphatic carbocycles. The number of ether oxygens (including phenoxy) is 1. The van der Waals surface area contributed by atoms with Gasteiger partial charge in [-0.25, -0.2) is 4.39 Å². The predicted molar refractivity (Wildman–Crippen MR) is 119 cm³/mol. The highest BCUT2D eigenvalue weighted by molar-refractivity contribution is 5.93. The number of nitrogens with zero attached hydrogens (tertiary/aromatic N) is 3. The van der Waals surface area contributed by atoms with Gasteiger partial charge in [0.25, 0.3) is 0 Å². The molecule has 0 unspecified atom stereocenters. The number of halogens is 1. The lowest BCUT2D eigenvalue weighted by atomic mass is 9.84. The standard InChI is InChI=1S/C25H36FN3O2/c26-21-8-10-22(11-9-21)29-19-28(17-23-18-31-23)24(30)25(29)12-14-27(15-13-25)16-20-6-4-2-1-3-5-7-20/h8-11,20,23H,1-7,12-19H2/t23-/m1/s1. The molecule has 1 aromatic carbocycles. The maximum absolute atomic E-state index is 13.6. The number of rotatable bonds is 5. The van der Waals surface area contributed by atoms with E-state index in [0.29, 0.717) is 13.2 Å². The summed E-state index contributed by atoms with van der Waals surface area (Å²) >= 11 is 0. The molecule has 0 aromatic heterocycles. The molecule has 3 heterocycles. The van der Waals surface area contributed by atoms with E-state index in [9.17, 15) is 9.18 Å². The fourth-order valence-electron chi connectivity index (χ4n) is 5.97. The molecule has 0 radical (unpaired) electrons. The third-order valence-corrected chi connectivity index (χ3v) is 7.90. The van der Waals surface area contributed by atoms with Crippen molar-refractivity contribution in [1.82, 2.24) is 9.80 Å². The average Bonchev–Trinajstić information content (AvgIpc) is 3.54. The van der Waals surface area contributed by atoms with Crippen LogP contribution in [0.3, 0.4) is 0 Å². The predicted octanol–water partition coefficient (Wildman–Crippen LogP) is 4.03. The van der Waals surface area contributed by atoms with Crippen LogP contribution < -0.4 is 4.90 Å². The van der Waals surface area contributed by atoms with Gasteiger partial charge in [0.2, 0.25) is 5.91 Å². The van der Waals surface area contributed by atoms with Gasteiger partial charge in [0.05, 0.1) is 25.9 Å². The van der Waals surface area contributed by atoms with Crippen molar-refractivity contribution in [2.24, 2.45) is 5.92 Å². The lowest BCUT2D eigenvalue weighted by molar-refractivity contribution is -0.133. The SMILES string of the molecule is O=C1N(C[C@@H]2CO2)CN(c2ccc(F)cc2)C12CCN(CC1CCCCCCC1)CC2. The van der Waals surface area contributed by atoms with Crippen molar-refractivity contribution in [3.63, 3.8) is 0 Å². The number of carbonyl (C=O) groups excluding carboxylic acids is 1. The van der Waals surface area contributed by atoms with Gasteiger partial charge in [-0.15, -0.1) is 0 Å². The van der Waals surface area contributed by atoms with E-state index in [2.05, 4.69) is 9.80 Å². The highest BCUT2D eigenvalue weighted by Crippen LogP contribution is 2.40. The Morgan fingerprint density at radius 1 is 0.968 bits per heavy atom. The van der Waals surface area contributed by atoms with E-state index in [0.717, 1.165) is 44.1 Å². The molecule has 5 nitrogen and oxygen atoms in total. The van der Waals surface area contributed by atoms with Gasteiger partial charge in [0.15, 0.2) is 0 Å². The summed E-state index contributed by atoms with van der Waals surface area (Å²) in [7, 11) is 0. The number of amides is 1. The van der Waals surface area contributed by atoms with Crippen molar-refractivity contribution in [3.8, 4) is 0 Å². The van der Waals surface area contributed by atoms with Crippen molar-refractivity contribution in [1.29, 1.82) is 0 Å². The van der Waals surface area contributed by atoms with Gasteiger partial charge in [-0.2, -0.15) is 0 Å². The first kappa shape index (κ1) is 21.2. The lowest BCUT2D eigenvalue weighted by Gasteiger charge is -2.44. The van der Waals surface area contributed by atoms with Crippen LogP contribution in [-0.4, -0.2) is 66.8 Å². The summed E-state index contributed by atoms with van der Waals surface area (Å²) < 4.78 is 19.0. The van der Waals surface area contributed by atoms with E-state index in [-0.39, 0.29) is 17.8 Å². The van der Waals surface area contributed by atoms with Crippen molar-refractivity contribution >= 4 is 11.6 Å². The van der Waals surface area contributed by atoms with Gasteiger partial charge in [-0.3, -0.25) is 4.79 Å². The maximum Gasteiger partial charge on any atom is 0.250 e. The molecule has 4 fully saturated rings. The van der Waals surface area contributed by atoms with Gasteiger partial charge < -0.3 is 19.4 Å². The highest BCUT2D eigenvalue weighted by Gasteiger charge is 2.54. The third kappa shape index (κ3) is 4.61. The van der Waals surface area contributed by atoms with Gasteiger partial charge in [-0.1, -0.05) is 32.1 Å². The molecule has 3 aliphatic heterocycles. The molecule has 0 bridgehead atoms. The van der Waals surface area contributed by atoms with E-state index in [1.807, 2.05) is 17.0 Å². The number of epoxide rings is 1. The number of carbonyl (C=O) groups is 1. The zero-order chi connectivity index (χ0) is 21.3. The van der Waals surface area contributed by atoms with Crippen LogP contribution >= 0.6 is 0 Å². The number of piperidine rings is 1. The van der Waals surface area contributed by atoms with Crippen molar-refractivity contribution in [3.05, 3.63) is 30.1 Å². The Morgan fingerprint density at radius 2 is 1.61 bits per heavy atom. The summed E-state index contributed by atoms with van der Waals surface area (Å²) in [4.78, 5) is 20.4. The molecule has 6 heteroatoms. The molecular weight excluding hydrogens is 393 g/mol.